The van der Waals surface area contributed by atoms with Crippen LogP contribution in [0.15, 0.2) is 22.8 Å². The van der Waals surface area contributed by atoms with Crippen LogP contribution >= 0.6 is 15.9 Å². The second-order valence-corrected chi connectivity index (χ2v) is 3.70. The number of halogens is 1. The van der Waals surface area contributed by atoms with E-state index in [0.717, 1.165) is 15.5 Å². The zero-order valence-electron chi connectivity index (χ0n) is 7.70. The predicted octanol–water partition coefficient (Wildman–Crippen LogP) is 1.98. The largest absolute Gasteiger partial charge is 0.397 e. The predicted molar refractivity (Wildman–Crippen MR) is 58.9 cm³/mol. The monoisotopic (exact) mass is 255 g/mol. The van der Waals surface area contributed by atoms with E-state index in [2.05, 4.69) is 21.0 Å². The first-order valence-electron chi connectivity index (χ1n) is 4.13. The normalized spacial score (nSPS) is 11.0. The van der Waals surface area contributed by atoms with Crippen molar-refractivity contribution in [3.63, 3.8) is 0 Å². The fraction of sp³-hybridized carbons (Fsp3) is 0.222. The molecular weight excluding hydrogens is 246 g/mol. The number of fused-ring (bicyclic) bond motifs is 1. The lowest BCUT2D eigenvalue weighted by Crippen LogP contribution is -2.03. The number of hydrogen-bond acceptors (Lipinski definition) is 3. The van der Waals surface area contributed by atoms with Crippen molar-refractivity contribution >= 4 is 32.5 Å². The van der Waals surface area contributed by atoms with Gasteiger partial charge < -0.3 is 10.5 Å². The lowest BCUT2D eigenvalue weighted by atomic mass is 10.2. The molecule has 2 rings (SSSR count). The number of aromatic nitrogens is 2. The zero-order valence-corrected chi connectivity index (χ0v) is 9.28. The second-order valence-electron chi connectivity index (χ2n) is 2.95. The van der Waals surface area contributed by atoms with E-state index in [4.69, 9.17) is 10.5 Å². The van der Waals surface area contributed by atoms with Gasteiger partial charge in [0, 0.05) is 12.5 Å². The molecule has 0 spiro atoms. The highest BCUT2D eigenvalue weighted by molar-refractivity contribution is 9.10. The Kier molecular flexibility index (Phi) is 2.43. The number of rotatable bonds is 2. The van der Waals surface area contributed by atoms with Crippen LogP contribution in [0.2, 0.25) is 0 Å². The first-order chi connectivity index (χ1) is 6.74. The third kappa shape index (κ3) is 1.38. The van der Waals surface area contributed by atoms with Gasteiger partial charge in [-0.15, -0.1) is 0 Å². The topological polar surface area (TPSA) is 53.1 Å². The number of methoxy groups -OCH3 is 1. The Hall–Kier alpha value is -1.07. The van der Waals surface area contributed by atoms with E-state index in [9.17, 15) is 0 Å². The maximum Gasteiger partial charge on any atom is 0.139 e. The third-order valence-electron chi connectivity index (χ3n) is 2.01. The highest BCUT2D eigenvalue weighted by Gasteiger charge is 2.09. The third-order valence-corrected chi connectivity index (χ3v) is 2.59. The van der Waals surface area contributed by atoms with Crippen molar-refractivity contribution in [1.82, 2.24) is 9.78 Å². The Morgan fingerprint density at radius 3 is 3.07 bits per heavy atom. The molecule has 0 atom stereocenters. The van der Waals surface area contributed by atoms with E-state index in [1.54, 1.807) is 11.8 Å². The van der Waals surface area contributed by atoms with Gasteiger partial charge in [0.2, 0.25) is 0 Å². The van der Waals surface area contributed by atoms with E-state index in [1.807, 2.05) is 18.2 Å². The average Bonchev–Trinajstić information content (AvgIpc) is 2.46. The molecule has 0 aliphatic rings. The highest BCUT2D eigenvalue weighted by atomic mass is 79.9. The summed E-state index contributed by atoms with van der Waals surface area (Å²) >= 11 is 3.38. The minimum Gasteiger partial charge on any atom is -0.397 e. The number of nitrogen functional groups attached to an aromatic ring is 1. The molecule has 0 amide bonds. The minimum absolute atomic E-state index is 0.399. The fourth-order valence-electron chi connectivity index (χ4n) is 1.44. The van der Waals surface area contributed by atoms with Crippen LogP contribution in [0.3, 0.4) is 0 Å². The number of nitrogens with two attached hydrogens (primary N) is 1. The van der Waals surface area contributed by atoms with E-state index in [-0.39, 0.29) is 0 Å². The smallest absolute Gasteiger partial charge is 0.139 e. The van der Waals surface area contributed by atoms with Crippen LogP contribution in [0.1, 0.15) is 0 Å². The van der Waals surface area contributed by atoms with Crippen LogP contribution in [0.4, 0.5) is 5.69 Å². The van der Waals surface area contributed by atoms with Crippen molar-refractivity contribution in [2.24, 2.45) is 0 Å². The molecule has 74 valence electrons. The number of benzene rings is 1. The molecule has 0 unspecified atom stereocenters. The van der Waals surface area contributed by atoms with Gasteiger partial charge in [-0.05, 0) is 28.1 Å². The van der Waals surface area contributed by atoms with Gasteiger partial charge in [0.05, 0.1) is 11.2 Å². The SMILES string of the molecule is COCn1nc(Br)c2cccc(N)c21. The van der Waals surface area contributed by atoms with Gasteiger partial charge in [-0.1, -0.05) is 6.07 Å². The van der Waals surface area contributed by atoms with Crippen LogP contribution in [-0.2, 0) is 11.5 Å². The molecule has 4 nitrogen and oxygen atoms in total. The summed E-state index contributed by atoms with van der Waals surface area (Å²) in [6.45, 7) is 0.399. The summed E-state index contributed by atoms with van der Waals surface area (Å²) in [4.78, 5) is 0. The molecule has 0 aliphatic carbocycles. The Balaban J connectivity index is 2.72. The van der Waals surface area contributed by atoms with Crippen LogP contribution in [0.5, 0.6) is 0 Å². The highest BCUT2D eigenvalue weighted by Crippen LogP contribution is 2.27. The van der Waals surface area contributed by atoms with Gasteiger partial charge in [0.15, 0.2) is 0 Å². The summed E-state index contributed by atoms with van der Waals surface area (Å²) < 4.78 is 7.55. The van der Waals surface area contributed by atoms with Crippen LogP contribution in [0.25, 0.3) is 10.9 Å². The van der Waals surface area contributed by atoms with Crippen molar-refractivity contribution in [3.05, 3.63) is 22.8 Å². The summed E-state index contributed by atoms with van der Waals surface area (Å²) in [7, 11) is 1.63. The standard InChI is InChI=1S/C9H10BrN3O/c1-14-5-13-8-6(9(10)12-13)3-2-4-7(8)11/h2-4H,5,11H2,1H3. The summed E-state index contributed by atoms with van der Waals surface area (Å²) in [5.74, 6) is 0. The Morgan fingerprint density at radius 2 is 2.36 bits per heavy atom. The van der Waals surface area contributed by atoms with Crippen LogP contribution in [-0.4, -0.2) is 16.9 Å². The van der Waals surface area contributed by atoms with Gasteiger partial charge in [-0.2, -0.15) is 5.10 Å². The minimum atomic E-state index is 0.399. The van der Waals surface area contributed by atoms with Crippen LogP contribution < -0.4 is 5.73 Å². The Labute approximate surface area is 89.8 Å². The summed E-state index contributed by atoms with van der Waals surface area (Å²) in [5.41, 5.74) is 7.47. The molecule has 14 heavy (non-hydrogen) atoms. The molecule has 0 saturated carbocycles. The Morgan fingerprint density at radius 1 is 1.57 bits per heavy atom. The lowest BCUT2D eigenvalue weighted by Gasteiger charge is -2.02. The van der Waals surface area contributed by atoms with E-state index >= 15 is 0 Å². The number of ether oxygens (including phenoxy) is 1. The molecule has 1 heterocycles. The summed E-state index contributed by atoms with van der Waals surface area (Å²) in [6.07, 6.45) is 0. The van der Waals surface area contributed by atoms with Crippen molar-refractivity contribution < 1.29 is 4.74 Å². The zero-order chi connectivity index (χ0) is 10.1. The summed E-state index contributed by atoms with van der Waals surface area (Å²) in [6, 6.07) is 5.72. The molecule has 0 bridgehead atoms. The first kappa shape index (κ1) is 9.48. The molecule has 1 aromatic heterocycles. The van der Waals surface area contributed by atoms with Crippen LogP contribution in [0, 0.1) is 0 Å². The number of para-hydroxylation sites is 1. The molecule has 1 aromatic carbocycles. The number of nitrogens with zero attached hydrogens (tertiary/aromatic N) is 2. The molecular formula is C9H10BrN3O. The maximum absolute atomic E-state index is 5.86. The Bertz CT molecular complexity index is 466. The van der Waals surface area contributed by atoms with Gasteiger partial charge in [0.25, 0.3) is 0 Å². The lowest BCUT2D eigenvalue weighted by molar-refractivity contribution is 0.124. The number of anilines is 1. The van der Waals surface area contributed by atoms with Gasteiger partial charge >= 0.3 is 0 Å². The second kappa shape index (κ2) is 3.59. The fourth-order valence-corrected chi connectivity index (χ4v) is 1.95. The van der Waals surface area contributed by atoms with E-state index < -0.39 is 0 Å². The van der Waals surface area contributed by atoms with Crippen molar-refractivity contribution in [2.75, 3.05) is 12.8 Å². The number of hydrogen-bond donors (Lipinski definition) is 1. The summed E-state index contributed by atoms with van der Waals surface area (Å²) in [5, 5.41) is 5.27. The van der Waals surface area contributed by atoms with Gasteiger partial charge in [0.1, 0.15) is 11.3 Å². The van der Waals surface area contributed by atoms with E-state index in [1.165, 1.54) is 0 Å². The van der Waals surface area contributed by atoms with Crippen molar-refractivity contribution in [2.45, 2.75) is 6.73 Å². The average molecular weight is 256 g/mol. The van der Waals surface area contributed by atoms with Crippen molar-refractivity contribution in [1.29, 1.82) is 0 Å². The molecule has 0 radical (unpaired) electrons. The molecule has 5 heteroatoms. The molecule has 2 aromatic rings. The molecule has 2 N–H and O–H groups in total. The van der Waals surface area contributed by atoms with E-state index in [0.29, 0.717) is 12.4 Å². The van der Waals surface area contributed by atoms with Gasteiger partial charge in [-0.3, -0.25) is 0 Å². The first-order valence-corrected chi connectivity index (χ1v) is 4.93. The molecule has 0 aliphatic heterocycles. The van der Waals surface area contributed by atoms with Crippen molar-refractivity contribution in [3.8, 4) is 0 Å². The van der Waals surface area contributed by atoms with Gasteiger partial charge in [-0.25, -0.2) is 4.68 Å². The molecule has 0 fully saturated rings. The quantitative estimate of drug-likeness (QED) is 0.836. The molecule has 0 saturated heterocycles. The maximum atomic E-state index is 5.86.